The number of benzene rings is 1. The molecule has 0 aromatic heterocycles. The summed E-state index contributed by atoms with van der Waals surface area (Å²) >= 11 is 0. The molecule has 0 amide bonds. The Balaban J connectivity index is 2.37. The summed E-state index contributed by atoms with van der Waals surface area (Å²) in [4.78, 5) is 0. The van der Waals surface area contributed by atoms with Gasteiger partial charge >= 0.3 is 0 Å². The Morgan fingerprint density at radius 1 is 0.952 bits per heavy atom. The van der Waals surface area contributed by atoms with Gasteiger partial charge in [-0.1, -0.05) is 32.1 Å². The van der Waals surface area contributed by atoms with Crippen LogP contribution in [0.3, 0.4) is 0 Å². The van der Waals surface area contributed by atoms with Gasteiger partial charge in [0, 0.05) is 11.6 Å². The van der Waals surface area contributed by atoms with Crippen molar-refractivity contribution in [1.82, 2.24) is 0 Å². The third kappa shape index (κ3) is 3.21. The van der Waals surface area contributed by atoms with Crippen LogP contribution in [0, 0.1) is 34.2 Å². The molecule has 1 aromatic carbocycles. The molecular weight excluding hydrogens is 279 g/mol. The van der Waals surface area contributed by atoms with E-state index in [9.17, 15) is 23.5 Å². The molecule has 0 spiro atoms. The molecule has 5 heteroatoms. The molecule has 1 fully saturated rings. The first-order valence-corrected chi connectivity index (χ1v) is 7.24. The number of hydrogen-bond donors (Lipinski definition) is 1. The minimum atomic E-state index is -1.45. The number of nitrogens with zero attached hydrogens (tertiary/aromatic N) is 1. The highest BCUT2D eigenvalue weighted by atomic mass is 19.2. The first kappa shape index (κ1) is 15.8. The summed E-state index contributed by atoms with van der Waals surface area (Å²) in [5, 5.41) is 20.0. The molecule has 1 atom stereocenters. The number of aliphatic hydroxyl groups is 1. The van der Waals surface area contributed by atoms with Gasteiger partial charge < -0.3 is 5.11 Å². The summed E-state index contributed by atoms with van der Waals surface area (Å²) in [6.07, 6.45) is 3.93. The number of halogens is 3. The van der Waals surface area contributed by atoms with Crippen molar-refractivity contribution in [3.8, 4) is 6.07 Å². The lowest BCUT2D eigenvalue weighted by Gasteiger charge is -2.33. The van der Waals surface area contributed by atoms with Crippen LogP contribution in [0.25, 0.3) is 0 Å². The molecule has 1 aromatic rings. The number of rotatable bonds is 2. The fourth-order valence-electron chi connectivity index (χ4n) is 3.03. The summed E-state index contributed by atoms with van der Waals surface area (Å²) in [5.41, 5.74) is -1.47. The van der Waals surface area contributed by atoms with E-state index in [0.717, 1.165) is 32.1 Å². The second-order valence-electron chi connectivity index (χ2n) is 5.73. The summed E-state index contributed by atoms with van der Waals surface area (Å²) in [5.74, 6) is -3.53. The van der Waals surface area contributed by atoms with Gasteiger partial charge in [-0.25, -0.2) is 13.2 Å². The molecule has 2 rings (SSSR count). The predicted molar refractivity (Wildman–Crippen MR) is 71.6 cm³/mol. The number of hydrogen-bond acceptors (Lipinski definition) is 2. The van der Waals surface area contributed by atoms with Crippen molar-refractivity contribution in [1.29, 1.82) is 5.26 Å². The number of nitriles is 1. The Kier molecular flexibility index (Phi) is 4.89. The fraction of sp³-hybridized carbons (Fsp3) is 0.562. The monoisotopic (exact) mass is 297 g/mol. The standard InChI is InChI=1S/C16H18F3NO/c17-12-9-14(19)13(18)8-11(12)15(21)16(10-20)6-4-2-1-3-5-7-16/h8-9,15,21H,1-7H2. The average Bonchev–Trinajstić information content (AvgIpc) is 2.43. The molecule has 0 heterocycles. The highest BCUT2D eigenvalue weighted by Crippen LogP contribution is 2.44. The van der Waals surface area contributed by atoms with Gasteiger partial charge in [0.25, 0.3) is 0 Å². The smallest absolute Gasteiger partial charge is 0.161 e. The van der Waals surface area contributed by atoms with Crippen molar-refractivity contribution in [3.05, 3.63) is 35.1 Å². The van der Waals surface area contributed by atoms with E-state index < -0.39 is 29.0 Å². The van der Waals surface area contributed by atoms with Crippen LogP contribution in [-0.4, -0.2) is 5.11 Å². The van der Waals surface area contributed by atoms with Crippen LogP contribution in [0.5, 0.6) is 0 Å². The third-order valence-corrected chi connectivity index (χ3v) is 4.33. The topological polar surface area (TPSA) is 44.0 Å². The van der Waals surface area contributed by atoms with Crippen molar-refractivity contribution in [3.63, 3.8) is 0 Å². The Morgan fingerprint density at radius 3 is 2.05 bits per heavy atom. The molecule has 0 saturated heterocycles. The summed E-state index contributed by atoms with van der Waals surface area (Å²) in [6.45, 7) is 0. The molecule has 0 bridgehead atoms. The van der Waals surface area contributed by atoms with E-state index in [-0.39, 0.29) is 5.56 Å². The molecule has 21 heavy (non-hydrogen) atoms. The normalized spacial score (nSPS) is 20.1. The minimum absolute atomic E-state index is 0.337. The Morgan fingerprint density at radius 2 is 1.48 bits per heavy atom. The summed E-state index contributed by atoms with van der Waals surface area (Å²) < 4.78 is 40.2. The van der Waals surface area contributed by atoms with E-state index in [1.807, 2.05) is 0 Å². The lowest BCUT2D eigenvalue weighted by molar-refractivity contribution is 0.0403. The molecule has 1 N–H and O–H groups in total. The minimum Gasteiger partial charge on any atom is -0.387 e. The van der Waals surface area contributed by atoms with E-state index in [1.54, 1.807) is 0 Å². The molecule has 1 aliphatic rings. The predicted octanol–water partition coefficient (Wildman–Crippen LogP) is 4.39. The molecule has 114 valence electrons. The maximum Gasteiger partial charge on any atom is 0.161 e. The zero-order valence-electron chi connectivity index (χ0n) is 11.7. The summed E-state index contributed by atoms with van der Waals surface area (Å²) in [7, 11) is 0. The molecule has 0 radical (unpaired) electrons. The van der Waals surface area contributed by atoms with Crippen molar-refractivity contribution in [2.45, 2.75) is 51.0 Å². The Labute approximate surface area is 122 Å². The fourth-order valence-corrected chi connectivity index (χ4v) is 3.03. The lowest BCUT2D eigenvalue weighted by Crippen LogP contribution is -2.29. The van der Waals surface area contributed by atoms with Gasteiger partial charge in [0.2, 0.25) is 0 Å². The molecule has 1 aliphatic carbocycles. The van der Waals surface area contributed by atoms with Crippen LogP contribution < -0.4 is 0 Å². The lowest BCUT2D eigenvalue weighted by atomic mass is 9.71. The van der Waals surface area contributed by atoms with Crippen molar-refractivity contribution >= 4 is 0 Å². The first-order valence-electron chi connectivity index (χ1n) is 7.24. The zero-order valence-corrected chi connectivity index (χ0v) is 11.7. The molecule has 1 saturated carbocycles. The largest absolute Gasteiger partial charge is 0.387 e. The molecule has 1 unspecified atom stereocenters. The van der Waals surface area contributed by atoms with Gasteiger partial charge in [-0.05, 0) is 18.9 Å². The van der Waals surface area contributed by atoms with Crippen molar-refractivity contribution in [2.75, 3.05) is 0 Å². The molecular formula is C16H18F3NO. The second kappa shape index (κ2) is 6.48. The highest BCUT2D eigenvalue weighted by molar-refractivity contribution is 5.26. The van der Waals surface area contributed by atoms with Gasteiger partial charge in [-0.15, -0.1) is 0 Å². The Hall–Kier alpha value is -1.54. The average molecular weight is 297 g/mol. The highest BCUT2D eigenvalue weighted by Gasteiger charge is 2.40. The van der Waals surface area contributed by atoms with Gasteiger partial charge in [0.15, 0.2) is 11.6 Å². The quantitative estimate of drug-likeness (QED) is 0.823. The van der Waals surface area contributed by atoms with Gasteiger partial charge in [0.1, 0.15) is 11.9 Å². The zero-order chi connectivity index (χ0) is 15.5. The maximum absolute atomic E-state index is 13.8. The van der Waals surface area contributed by atoms with Crippen LogP contribution in [0.15, 0.2) is 12.1 Å². The van der Waals surface area contributed by atoms with Crippen LogP contribution in [0.1, 0.15) is 56.6 Å². The van der Waals surface area contributed by atoms with Crippen LogP contribution >= 0.6 is 0 Å². The van der Waals surface area contributed by atoms with Gasteiger partial charge in [-0.3, -0.25) is 0 Å². The van der Waals surface area contributed by atoms with E-state index in [4.69, 9.17) is 0 Å². The van der Waals surface area contributed by atoms with Gasteiger partial charge in [-0.2, -0.15) is 5.26 Å². The van der Waals surface area contributed by atoms with Crippen molar-refractivity contribution in [2.24, 2.45) is 5.41 Å². The molecule has 2 nitrogen and oxygen atoms in total. The maximum atomic E-state index is 13.8. The van der Waals surface area contributed by atoms with E-state index in [0.29, 0.717) is 25.0 Å². The van der Waals surface area contributed by atoms with E-state index >= 15 is 0 Å². The van der Waals surface area contributed by atoms with Crippen LogP contribution in [-0.2, 0) is 0 Å². The van der Waals surface area contributed by atoms with Gasteiger partial charge in [0.05, 0.1) is 11.5 Å². The number of aliphatic hydroxyl groups excluding tert-OH is 1. The Bertz CT molecular complexity index is 545. The second-order valence-corrected chi connectivity index (χ2v) is 5.73. The van der Waals surface area contributed by atoms with Crippen molar-refractivity contribution < 1.29 is 18.3 Å². The first-order chi connectivity index (χ1) is 10.00. The third-order valence-electron chi connectivity index (χ3n) is 4.33. The van der Waals surface area contributed by atoms with E-state index in [1.165, 1.54) is 0 Å². The SMILES string of the molecule is N#CC1(C(O)c2cc(F)c(F)cc2F)CCCCCCC1. The van der Waals surface area contributed by atoms with Crippen LogP contribution in [0.4, 0.5) is 13.2 Å². The van der Waals surface area contributed by atoms with E-state index in [2.05, 4.69) is 6.07 Å². The van der Waals surface area contributed by atoms with Crippen LogP contribution in [0.2, 0.25) is 0 Å². The molecule has 0 aliphatic heterocycles. The summed E-state index contributed by atoms with van der Waals surface area (Å²) in [6, 6.07) is 3.19.